The Hall–Kier alpha value is -3.47. The summed E-state index contributed by atoms with van der Waals surface area (Å²) in [5.41, 5.74) is 2.12. The summed E-state index contributed by atoms with van der Waals surface area (Å²) >= 11 is 0. The molecule has 122 valence electrons. The van der Waals surface area contributed by atoms with Crippen molar-refractivity contribution in [3.8, 4) is 0 Å². The summed E-state index contributed by atoms with van der Waals surface area (Å²) in [5, 5.41) is 3.36. The molecule has 1 amide bonds. The van der Waals surface area contributed by atoms with Crippen molar-refractivity contribution in [2.24, 2.45) is 0 Å². The van der Waals surface area contributed by atoms with Gasteiger partial charge in [0.1, 0.15) is 11.1 Å². The van der Waals surface area contributed by atoms with Gasteiger partial charge in [0.15, 0.2) is 5.78 Å². The summed E-state index contributed by atoms with van der Waals surface area (Å²) in [6.45, 7) is 1.90. The van der Waals surface area contributed by atoms with E-state index in [1.165, 1.54) is 12.1 Å². The van der Waals surface area contributed by atoms with Gasteiger partial charge in [-0.2, -0.15) is 0 Å². The number of anilines is 1. The highest BCUT2D eigenvalue weighted by atomic mass is 16.4. The average Bonchev–Trinajstić information content (AvgIpc) is 2.89. The Balaban J connectivity index is 1.82. The molecule has 5 heteroatoms. The third-order valence-corrected chi connectivity index (χ3v) is 4.14. The quantitative estimate of drug-likeness (QED) is 0.444. The predicted molar refractivity (Wildman–Crippen MR) is 94.6 cm³/mol. The van der Waals surface area contributed by atoms with Gasteiger partial charge in [0, 0.05) is 16.6 Å². The Morgan fingerprint density at radius 1 is 1.08 bits per heavy atom. The zero-order chi connectivity index (χ0) is 17.6. The fourth-order valence-corrected chi connectivity index (χ4v) is 2.89. The molecule has 0 radical (unpaired) electrons. The number of amides is 1. The number of carbonyl (C=O) groups is 2. The van der Waals surface area contributed by atoms with E-state index in [9.17, 15) is 14.4 Å². The Kier molecular flexibility index (Phi) is 3.35. The second-order valence-corrected chi connectivity index (χ2v) is 5.91. The second kappa shape index (κ2) is 5.56. The van der Waals surface area contributed by atoms with Gasteiger partial charge in [-0.1, -0.05) is 29.8 Å². The van der Waals surface area contributed by atoms with E-state index >= 15 is 0 Å². The molecule has 0 bridgehead atoms. The van der Waals surface area contributed by atoms with E-state index in [0.717, 1.165) is 5.56 Å². The lowest BCUT2D eigenvalue weighted by Crippen LogP contribution is -2.13. The van der Waals surface area contributed by atoms with Crippen LogP contribution in [0.4, 0.5) is 5.69 Å². The third kappa shape index (κ3) is 2.55. The predicted octanol–water partition coefficient (Wildman–Crippen LogP) is 3.32. The number of para-hydroxylation sites is 1. The van der Waals surface area contributed by atoms with Gasteiger partial charge in [0.25, 0.3) is 5.91 Å². The summed E-state index contributed by atoms with van der Waals surface area (Å²) in [4.78, 5) is 36.9. The molecule has 5 nitrogen and oxygen atoms in total. The number of nitrogens with one attached hydrogen (secondary N) is 1. The van der Waals surface area contributed by atoms with Crippen LogP contribution in [0.2, 0.25) is 0 Å². The average molecular weight is 331 g/mol. The minimum absolute atomic E-state index is 0.0971. The Bertz CT molecular complexity index is 1140. The SMILES string of the molecule is Cc1ccc2c(c1)/C(=C/C(=O)c1cc3ccccc3oc1=O)C(=O)N2. The van der Waals surface area contributed by atoms with Crippen molar-refractivity contribution in [3.63, 3.8) is 0 Å². The number of benzene rings is 2. The molecular weight excluding hydrogens is 318 g/mol. The summed E-state index contributed by atoms with van der Waals surface area (Å²) < 4.78 is 5.19. The molecule has 1 aliphatic rings. The van der Waals surface area contributed by atoms with Crippen LogP contribution >= 0.6 is 0 Å². The Morgan fingerprint density at radius 2 is 1.88 bits per heavy atom. The molecule has 1 N–H and O–H groups in total. The first-order chi connectivity index (χ1) is 12.0. The molecule has 3 aromatic rings. The zero-order valence-electron chi connectivity index (χ0n) is 13.3. The first-order valence-corrected chi connectivity index (χ1v) is 7.74. The van der Waals surface area contributed by atoms with Crippen LogP contribution in [0, 0.1) is 6.92 Å². The van der Waals surface area contributed by atoms with Gasteiger partial charge in [0.05, 0.1) is 5.57 Å². The fraction of sp³-hybridized carbons (Fsp3) is 0.0500. The molecule has 0 saturated heterocycles. The summed E-state index contributed by atoms with van der Waals surface area (Å²) in [5.74, 6) is -0.918. The topological polar surface area (TPSA) is 76.4 Å². The number of aryl methyl sites for hydroxylation is 1. The van der Waals surface area contributed by atoms with Crippen molar-refractivity contribution in [2.45, 2.75) is 6.92 Å². The highest BCUT2D eigenvalue weighted by Gasteiger charge is 2.25. The number of rotatable bonds is 2. The number of allylic oxidation sites excluding steroid dienone is 1. The largest absolute Gasteiger partial charge is 0.422 e. The number of ketones is 1. The van der Waals surface area contributed by atoms with Crippen LogP contribution < -0.4 is 10.9 Å². The zero-order valence-corrected chi connectivity index (χ0v) is 13.3. The highest BCUT2D eigenvalue weighted by Crippen LogP contribution is 2.32. The van der Waals surface area contributed by atoms with Crippen molar-refractivity contribution in [1.82, 2.24) is 0 Å². The number of hydrogen-bond donors (Lipinski definition) is 1. The van der Waals surface area contributed by atoms with Crippen LogP contribution in [0.5, 0.6) is 0 Å². The van der Waals surface area contributed by atoms with E-state index in [1.54, 1.807) is 30.3 Å². The molecule has 0 aliphatic carbocycles. The van der Waals surface area contributed by atoms with E-state index in [4.69, 9.17) is 4.42 Å². The molecule has 4 rings (SSSR count). The summed E-state index contributed by atoms with van der Waals surface area (Å²) in [6, 6.07) is 13.9. The normalized spacial score (nSPS) is 14.6. The molecule has 0 fully saturated rings. The van der Waals surface area contributed by atoms with E-state index in [0.29, 0.717) is 22.2 Å². The molecule has 1 aliphatic heterocycles. The molecule has 25 heavy (non-hydrogen) atoms. The van der Waals surface area contributed by atoms with Crippen LogP contribution in [-0.4, -0.2) is 11.7 Å². The molecule has 0 unspecified atom stereocenters. The van der Waals surface area contributed by atoms with E-state index in [-0.39, 0.29) is 17.0 Å². The minimum Gasteiger partial charge on any atom is -0.422 e. The van der Waals surface area contributed by atoms with Gasteiger partial charge >= 0.3 is 5.63 Å². The first-order valence-electron chi connectivity index (χ1n) is 7.74. The maximum absolute atomic E-state index is 12.6. The van der Waals surface area contributed by atoms with Gasteiger partial charge in [-0.3, -0.25) is 9.59 Å². The molecule has 0 saturated carbocycles. The molecular formula is C20H13NO4. The Labute approximate surface area is 142 Å². The second-order valence-electron chi connectivity index (χ2n) is 5.91. The van der Waals surface area contributed by atoms with Gasteiger partial charge < -0.3 is 9.73 Å². The lowest BCUT2D eigenvalue weighted by Gasteiger charge is -2.01. The van der Waals surface area contributed by atoms with Crippen molar-refractivity contribution in [3.05, 3.63) is 81.7 Å². The number of fused-ring (bicyclic) bond motifs is 2. The standard InChI is InChI=1S/C20H13NO4/c1-11-6-7-16-13(8-11)14(19(23)21-16)10-17(22)15-9-12-4-2-3-5-18(12)25-20(15)24/h2-10H,1H3,(H,21,23)/b14-10-. The molecule has 0 atom stereocenters. The molecule has 1 aromatic heterocycles. The molecule has 2 heterocycles. The van der Waals surface area contributed by atoms with Crippen molar-refractivity contribution in [2.75, 3.05) is 5.32 Å². The lowest BCUT2D eigenvalue weighted by molar-refractivity contribution is -0.110. The summed E-state index contributed by atoms with van der Waals surface area (Å²) in [6.07, 6.45) is 1.20. The van der Waals surface area contributed by atoms with Crippen molar-refractivity contribution < 1.29 is 14.0 Å². The van der Waals surface area contributed by atoms with E-state index in [1.807, 2.05) is 19.1 Å². The monoisotopic (exact) mass is 331 g/mol. The van der Waals surface area contributed by atoms with E-state index < -0.39 is 11.4 Å². The van der Waals surface area contributed by atoms with Gasteiger partial charge in [-0.15, -0.1) is 0 Å². The third-order valence-electron chi connectivity index (χ3n) is 4.14. The van der Waals surface area contributed by atoms with Crippen LogP contribution in [0.25, 0.3) is 16.5 Å². The Morgan fingerprint density at radius 3 is 2.72 bits per heavy atom. The van der Waals surface area contributed by atoms with Gasteiger partial charge in [0.2, 0.25) is 0 Å². The highest BCUT2D eigenvalue weighted by molar-refractivity contribution is 6.35. The number of hydrogen-bond acceptors (Lipinski definition) is 4. The summed E-state index contributed by atoms with van der Waals surface area (Å²) in [7, 11) is 0. The van der Waals surface area contributed by atoms with Crippen molar-refractivity contribution in [1.29, 1.82) is 0 Å². The van der Waals surface area contributed by atoms with Crippen LogP contribution in [0.15, 0.2) is 63.8 Å². The van der Waals surface area contributed by atoms with Gasteiger partial charge in [-0.05, 0) is 37.3 Å². The van der Waals surface area contributed by atoms with Gasteiger partial charge in [-0.25, -0.2) is 4.79 Å². The maximum atomic E-state index is 12.6. The van der Waals surface area contributed by atoms with Crippen LogP contribution in [-0.2, 0) is 4.79 Å². The lowest BCUT2D eigenvalue weighted by atomic mass is 10.0. The molecule has 2 aromatic carbocycles. The molecule has 0 spiro atoms. The minimum atomic E-state index is -0.719. The van der Waals surface area contributed by atoms with E-state index in [2.05, 4.69) is 5.32 Å². The maximum Gasteiger partial charge on any atom is 0.347 e. The van der Waals surface area contributed by atoms with Crippen molar-refractivity contribution >= 4 is 33.9 Å². The van der Waals surface area contributed by atoms with Crippen LogP contribution in [0.3, 0.4) is 0 Å². The fourth-order valence-electron chi connectivity index (χ4n) is 2.89. The smallest absolute Gasteiger partial charge is 0.347 e. The number of carbonyl (C=O) groups excluding carboxylic acids is 2. The van der Waals surface area contributed by atoms with Crippen LogP contribution in [0.1, 0.15) is 21.5 Å². The first kappa shape index (κ1) is 15.1.